The highest BCUT2D eigenvalue weighted by molar-refractivity contribution is 5.78. The number of hydrogen-bond donors (Lipinski definition) is 1. The number of ether oxygens (including phenoxy) is 1. The average Bonchev–Trinajstić information content (AvgIpc) is 2.77. The van der Waals surface area contributed by atoms with Crippen LogP contribution in [-0.4, -0.2) is 12.1 Å². The molecule has 0 amide bonds. The molecule has 90 valence electrons. The number of rotatable bonds is 2. The first-order chi connectivity index (χ1) is 8.79. The Morgan fingerprint density at radius 2 is 2.11 bits per heavy atom. The maximum absolute atomic E-state index is 11.7. The fourth-order valence-electron chi connectivity index (χ4n) is 1.96. The van der Waals surface area contributed by atoms with Crippen LogP contribution < -0.4 is 10.4 Å². The highest BCUT2D eigenvalue weighted by Crippen LogP contribution is 2.31. The molecular formula is C14H11NO3. The first kappa shape index (κ1) is 10.7. The average molecular weight is 241 g/mol. The zero-order valence-electron chi connectivity index (χ0n) is 9.77. The molecule has 18 heavy (non-hydrogen) atoms. The molecule has 0 bridgehead atoms. The van der Waals surface area contributed by atoms with Gasteiger partial charge in [0.15, 0.2) is 5.76 Å². The van der Waals surface area contributed by atoms with Gasteiger partial charge in [0.1, 0.15) is 5.75 Å². The minimum absolute atomic E-state index is 0.334. The summed E-state index contributed by atoms with van der Waals surface area (Å²) in [5, 5.41) is 0. The second-order valence-corrected chi connectivity index (χ2v) is 3.91. The summed E-state index contributed by atoms with van der Waals surface area (Å²) in [4.78, 5) is 14.8. The summed E-state index contributed by atoms with van der Waals surface area (Å²) in [5.41, 5.74) is 1.73. The lowest BCUT2D eigenvalue weighted by atomic mass is 10.1. The number of nitrogens with one attached hydrogen (secondary N) is 1. The second-order valence-electron chi connectivity index (χ2n) is 3.91. The standard InChI is InChI=1S/C14H11NO3/c1-17-10-5-2-4-9(8-10)13-12-11(14(16)18-13)6-3-7-15-12/h2-8,15H,1H3. The van der Waals surface area contributed by atoms with Crippen molar-refractivity contribution in [3.05, 3.63) is 53.0 Å². The fraction of sp³-hybridized carbons (Fsp3) is 0.0714. The predicted octanol–water partition coefficient (Wildman–Crippen LogP) is 2.75. The van der Waals surface area contributed by atoms with Crippen molar-refractivity contribution < 1.29 is 9.15 Å². The van der Waals surface area contributed by atoms with E-state index in [1.54, 1.807) is 25.4 Å². The Kier molecular flexibility index (Phi) is 2.41. The van der Waals surface area contributed by atoms with E-state index in [4.69, 9.17) is 9.15 Å². The van der Waals surface area contributed by atoms with Gasteiger partial charge in [0.05, 0.1) is 18.4 Å². The molecule has 3 rings (SSSR count). The zero-order valence-corrected chi connectivity index (χ0v) is 9.77. The number of H-pyrrole nitrogens is 1. The molecule has 0 fully saturated rings. The summed E-state index contributed by atoms with van der Waals surface area (Å²) in [6, 6.07) is 10.9. The van der Waals surface area contributed by atoms with Crippen molar-refractivity contribution in [2.45, 2.75) is 0 Å². The Morgan fingerprint density at radius 3 is 2.94 bits per heavy atom. The summed E-state index contributed by atoms with van der Waals surface area (Å²) in [5.74, 6) is 1.26. The molecule has 0 unspecified atom stereocenters. The van der Waals surface area contributed by atoms with Crippen LogP contribution in [0.4, 0.5) is 0 Å². The van der Waals surface area contributed by atoms with Crippen molar-refractivity contribution in [3.8, 4) is 28.3 Å². The van der Waals surface area contributed by atoms with Gasteiger partial charge in [-0.3, -0.25) is 0 Å². The van der Waals surface area contributed by atoms with E-state index in [1.807, 2.05) is 24.3 Å². The van der Waals surface area contributed by atoms with Crippen LogP contribution in [0.25, 0.3) is 22.6 Å². The summed E-state index contributed by atoms with van der Waals surface area (Å²) in [7, 11) is 1.60. The quantitative estimate of drug-likeness (QED) is 0.750. The van der Waals surface area contributed by atoms with Crippen LogP contribution in [0.2, 0.25) is 0 Å². The minimum atomic E-state index is -0.334. The third kappa shape index (κ3) is 1.59. The number of furan rings is 1. The lowest BCUT2D eigenvalue weighted by Gasteiger charge is -2.03. The van der Waals surface area contributed by atoms with Gasteiger partial charge in [-0.1, -0.05) is 12.1 Å². The number of aromatic nitrogens is 1. The van der Waals surface area contributed by atoms with E-state index in [0.29, 0.717) is 17.0 Å². The topological polar surface area (TPSA) is 55.2 Å². The predicted molar refractivity (Wildman–Crippen MR) is 67.9 cm³/mol. The minimum Gasteiger partial charge on any atom is -0.497 e. The second kappa shape index (κ2) is 4.07. The Balaban J connectivity index is 2.23. The van der Waals surface area contributed by atoms with Gasteiger partial charge in [-0.15, -0.1) is 0 Å². The molecule has 4 nitrogen and oxygen atoms in total. The van der Waals surface area contributed by atoms with Crippen molar-refractivity contribution in [1.29, 1.82) is 0 Å². The number of aromatic amines is 1. The molecule has 2 aliphatic rings. The van der Waals surface area contributed by atoms with Crippen molar-refractivity contribution in [2.24, 2.45) is 0 Å². The maximum atomic E-state index is 11.7. The molecule has 0 spiro atoms. The molecule has 1 N–H and O–H groups in total. The molecule has 0 radical (unpaired) electrons. The molecular weight excluding hydrogens is 230 g/mol. The molecule has 2 aliphatic heterocycles. The van der Waals surface area contributed by atoms with Crippen LogP contribution in [0.15, 0.2) is 51.8 Å². The summed E-state index contributed by atoms with van der Waals surface area (Å²) in [6.07, 6.45) is 1.76. The van der Waals surface area contributed by atoms with Crippen LogP contribution in [0.3, 0.4) is 0 Å². The van der Waals surface area contributed by atoms with Crippen LogP contribution in [0, 0.1) is 0 Å². The molecule has 0 saturated heterocycles. The summed E-state index contributed by atoms with van der Waals surface area (Å²) >= 11 is 0. The number of pyridine rings is 1. The Morgan fingerprint density at radius 1 is 1.22 bits per heavy atom. The van der Waals surface area contributed by atoms with Crippen molar-refractivity contribution in [3.63, 3.8) is 0 Å². The Hall–Kier alpha value is -2.49. The van der Waals surface area contributed by atoms with Gasteiger partial charge in [-0.25, -0.2) is 4.79 Å². The lowest BCUT2D eigenvalue weighted by molar-refractivity contribution is 0.414. The highest BCUT2D eigenvalue weighted by Gasteiger charge is 2.19. The highest BCUT2D eigenvalue weighted by atomic mass is 16.5. The van der Waals surface area contributed by atoms with Gasteiger partial charge < -0.3 is 14.1 Å². The summed E-state index contributed by atoms with van der Waals surface area (Å²) < 4.78 is 10.5. The normalized spacial score (nSPS) is 10.7. The van der Waals surface area contributed by atoms with E-state index in [9.17, 15) is 4.79 Å². The third-order valence-electron chi connectivity index (χ3n) is 2.83. The smallest absolute Gasteiger partial charge is 0.345 e. The van der Waals surface area contributed by atoms with E-state index >= 15 is 0 Å². The maximum Gasteiger partial charge on any atom is 0.345 e. The molecule has 0 aromatic heterocycles. The largest absolute Gasteiger partial charge is 0.497 e. The van der Waals surface area contributed by atoms with Gasteiger partial charge in [0, 0.05) is 11.8 Å². The molecule has 2 heterocycles. The van der Waals surface area contributed by atoms with Crippen LogP contribution in [-0.2, 0) is 0 Å². The third-order valence-corrected chi connectivity index (χ3v) is 2.83. The zero-order chi connectivity index (χ0) is 12.5. The van der Waals surface area contributed by atoms with Gasteiger partial charge in [-0.2, -0.15) is 0 Å². The Labute approximate surface area is 103 Å². The monoisotopic (exact) mass is 241 g/mol. The number of methoxy groups -OCH3 is 1. The van der Waals surface area contributed by atoms with Gasteiger partial charge in [-0.05, 0) is 24.3 Å². The van der Waals surface area contributed by atoms with Crippen LogP contribution in [0.1, 0.15) is 0 Å². The van der Waals surface area contributed by atoms with Crippen LogP contribution in [0.5, 0.6) is 5.75 Å². The molecule has 1 aromatic rings. The van der Waals surface area contributed by atoms with E-state index < -0.39 is 0 Å². The SMILES string of the molecule is COc1cccc(-c2oc(=O)c3ccc[nH]c2-3)c1. The van der Waals surface area contributed by atoms with Crippen molar-refractivity contribution in [1.82, 2.24) is 4.98 Å². The molecule has 1 aromatic carbocycles. The number of fused-ring (bicyclic) bond motifs is 1. The first-order valence-electron chi connectivity index (χ1n) is 5.54. The van der Waals surface area contributed by atoms with Gasteiger partial charge in [0.25, 0.3) is 0 Å². The van der Waals surface area contributed by atoms with E-state index in [2.05, 4.69) is 4.98 Å². The fourth-order valence-corrected chi connectivity index (χ4v) is 1.96. The van der Waals surface area contributed by atoms with Crippen molar-refractivity contribution in [2.75, 3.05) is 7.11 Å². The van der Waals surface area contributed by atoms with Crippen molar-refractivity contribution >= 4 is 0 Å². The van der Waals surface area contributed by atoms with E-state index in [1.165, 1.54) is 0 Å². The summed E-state index contributed by atoms with van der Waals surface area (Å²) in [6.45, 7) is 0. The molecule has 0 aliphatic carbocycles. The molecule has 0 atom stereocenters. The Bertz CT molecular complexity index is 711. The van der Waals surface area contributed by atoms with Crippen LogP contribution >= 0.6 is 0 Å². The van der Waals surface area contributed by atoms with Gasteiger partial charge in [0.2, 0.25) is 0 Å². The number of hydrogen-bond acceptors (Lipinski definition) is 3. The van der Waals surface area contributed by atoms with Gasteiger partial charge >= 0.3 is 5.63 Å². The van der Waals surface area contributed by atoms with E-state index in [0.717, 1.165) is 11.3 Å². The number of benzene rings is 1. The van der Waals surface area contributed by atoms with E-state index in [-0.39, 0.29) is 5.63 Å². The first-order valence-corrected chi connectivity index (χ1v) is 5.54. The molecule has 4 heteroatoms. The lowest BCUT2D eigenvalue weighted by Crippen LogP contribution is -1.94. The molecule has 0 saturated carbocycles.